The Morgan fingerprint density at radius 2 is 0.820 bits per heavy atom. The molecule has 254 valence electrons. The van der Waals surface area contributed by atoms with Gasteiger partial charge in [0.15, 0.2) is 0 Å². The van der Waals surface area contributed by atoms with Gasteiger partial charge >= 0.3 is 12.4 Å². The lowest BCUT2D eigenvalue weighted by Gasteiger charge is -2.38. The predicted molar refractivity (Wildman–Crippen MR) is 167 cm³/mol. The second kappa shape index (κ2) is 12.4. The van der Waals surface area contributed by atoms with E-state index in [1.807, 2.05) is 0 Å². The summed E-state index contributed by atoms with van der Waals surface area (Å²) < 4.78 is 99.5. The Morgan fingerprint density at radius 1 is 0.480 bits per heavy atom. The highest BCUT2D eigenvalue weighted by Crippen LogP contribution is 2.56. The minimum absolute atomic E-state index is 0.0740. The lowest BCUT2D eigenvalue weighted by Crippen LogP contribution is -2.54. The van der Waals surface area contributed by atoms with Crippen LogP contribution in [0.5, 0.6) is 23.0 Å². The van der Waals surface area contributed by atoms with Crippen molar-refractivity contribution in [1.82, 2.24) is 0 Å². The van der Waals surface area contributed by atoms with Crippen LogP contribution in [-0.4, -0.2) is 36.0 Å². The average molecular weight is 693 g/mol. The molecule has 2 aliphatic rings. The normalized spacial score (nSPS) is 15.2. The lowest BCUT2D eigenvalue weighted by molar-refractivity contribution is -0.288. The first-order valence-corrected chi connectivity index (χ1v) is 14.6. The fourth-order valence-corrected chi connectivity index (χ4v) is 5.61. The second-order valence-electron chi connectivity index (χ2n) is 11.1. The van der Waals surface area contributed by atoms with Crippen LogP contribution in [0.3, 0.4) is 0 Å². The smallest absolute Gasteiger partial charge is 0.411 e. The highest BCUT2D eigenvalue weighted by atomic mass is 19.4. The largest absolute Gasteiger partial charge is 0.457 e. The molecule has 50 heavy (non-hydrogen) atoms. The van der Waals surface area contributed by atoms with Crippen LogP contribution in [0.25, 0.3) is 0 Å². The van der Waals surface area contributed by atoms with Crippen LogP contribution in [0.15, 0.2) is 121 Å². The van der Waals surface area contributed by atoms with E-state index in [4.69, 9.17) is 9.47 Å². The molecule has 0 radical (unpaired) electrons. The summed E-state index contributed by atoms with van der Waals surface area (Å²) in [6.07, 6.45) is -8.28. The Kier molecular flexibility index (Phi) is 8.34. The van der Waals surface area contributed by atoms with Gasteiger partial charge in [-0.2, -0.15) is 26.3 Å². The molecule has 2 aliphatic heterocycles. The van der Waals surface area contributed by atoms with Crippen LogP contribution in [0.1, 0.15) is 18.1 Å². The monoisotopic (exact) mass is 692 g/mol. The van der Waals surface area contributed by atoms with Crippen molar-refractivity contribution in [3.8, 4) is 23.0 Å². The van der Waals surface area contributed by atoms with Crippen LogP contribution in [0.2, 0.25) is 0 Å². The first-order valence-electron chi connectivity index (χ1n) is 14.6. The molecule has 0 fully saturated rings. The molecule has 8 nitrogen and oxygen atoms in total. The van der Waals surface area contributed by atoms with Crippen molar-refractivity contribution in [2.45, 2.75) is 24.7 Å². The number of amides is 4. The highest BCUT2D eigenvalue weighted by molar-refractivity contribution is 6.30. The summed E-state index contributed by atoms with van der Waals surface area (Å²) in [6.45, 7) is 1.49. The van der Waals surface area contributed by atoms with Crippen molar-refractivity contribution in [3.63, 3.8) is 0 Å². The molecule has 0 bridgehead atoms. The molecule has 0 aliphatic carbocycles. The molecule has 14 heteroatoms. The lowest BCUT2D eigenvalue weighted by atomic mass is 9.73. The maximum atomic E-state index is 14.7. The fourth-order valence-electron chi connectivity index (χ4n) is 5.61. The zero-order valence-corrected chi connectivity index (χ0v) is 25.6. The van der Waals surface area contributed by atoms with E-state index in [9.17, 15) is 45.5 Å². The van der Waals surface area contributed by atoms with Crippen molar-refractivity contribution in [2.24, 2.45) is 0 Å². The molecular formula is C36H22F6N2O6. The number of imide groups is 2. The summed E-state index contributed by atoms with van der Waals surface area (Å²) in [7, 11) is 0. The Bertz CT molecular complexity index is 2020. The van der Waals surface area contributed by atoms with Gasteiger partial charge in [-0.3, -0.25) is 19.2 Å². The summed E-state index contributed by atoms with van der Waals surface area (Å²) in [5, 5.41) is 0. The van der Waals surface area contributed by atoms with Crippen LogP contribution in [-0.2, 0) is 24.6 Å². The molecular weight excluding hydrogens is 670 g/mol. The van der Waals surface area contributed by atoms with Gasteiger partial charge in [0, 0.05) is 23.8 Å². The Morgan fingerprint density at radius 3 is 1.14 bits per heavy atom. The predicted octanol–water partition coefficient (Wildman–Crippen LogP) is 7.93. The Hall–Kier alpha value is -6.18. The van der Waals surface area contributed by atoms with Gasteiger partial charge in [-0.05, 0) is 90.8 Å². The topological polar surface area (TPSA) is 93.2 Å². The molecule has 6 rings (SSSR count). The standard InChI is InChI=1S/C36H22F6N2O6/c1-21-20-32(47)44(33(21)48)25-8-16-29(17-9-25)50-27-12-4-23(5-13-27)34(35(37,38)39,36(40,41)42)22-2-10-26(11-3-22)49-28-14-6-24(7-15-28)43-30(45)18-19-31(43)46/h2-20H,1H3. The van der Waals surface area contributed by atoms with Crippen molar-refractivity contribution in [1.29, 1.82) is 0 Å². The Labute approximate surface area is 279 Å². The second-order valence-corrected chi connectivity index (χ2v) is 11.1. The van der Waals surface area contributed by atoms with Gasteiger partial charge in [-0.1, -0.05) is 24.3 Å². The molecule has 4 aromatic carbocycles. The number of ether oxygens (including phenoxy) is 2. The molecule has 2 heterocycles. The first kappa shape index (κ1) is 33.7. The molecule has 0 N–H and O–H groups in total. The van der Waals surface area contributed by atoms with Gasteiger partial charge in [-0.25, -0.2) is 9.80 Å². The van der Waals surface area contributed by atoms with Gasteiger partial charge < -0.3 is 9.47 Å². The number of rotatable bonds is 8. The fraction of sp³-hybridized carbons (Fsp3) is 0.111. The van der Waals surface area contributed by atoms with E-state index >= 15 is 0 Å². The van der Waals surface area contributed by atoms with Crippen LogP contribution in [0.4, 0.5) is 37.7 Å². The summed E-state index contributed by atoms with van der Waals surface area (Å²) in [6, 6.07) is 17.7. The first-order chi connectivity index (χ1) is 23.6. The summed E-state index contributed by atoms with van der Waals surface area (Å²) in [5.74, 6) is -1.99. The third-order valence-electron chi connectivity index (χ3n) is 8.00. The van der Waals surface area contributed by atoms with E-state index in [0.29, 0.717) is 24.3 Å². The van der Waals surface area contributed by atoms with Crippen LogP contribution < -0.4 is 19.3 Å². The number of carbonyl (C=O) groups excluding carboxylic acids is 4. The molecule has 4 amide bonds. The maximum absolute atomic E-state index is 14.7. The molecule has 0 saturated carbocycles. The number of halogens is 6. The molecule has 0 spiro atoms. The summed E-state index contributed by atoms with van der Waals surface area (Å²) in [4.78, 5) is 49.9. The maximum Gasteiger partial charge on any atom is 0.411 e. The van der Waals surface area contributed by atoms with E-state index in [1.54, 1.807) is 0 Å². The zero-order chi connectivity index (χ0) is 36.0. The van der Waals surface area contributed by atoms with E-state index < -0.39 is 52.5 Å². The number of hydrogen-bond acceptors (Lipinski definition) is 6. The number of benzene rings is 4. The minimum Gasteiger partial charge on any atom is -0.457 e. The molecule has 4 aromatic rings. The van der Waals surface area contributed by atoms with Crippen molar-refractivity contribution in [2.75, 3.05) is 9.80 Å². The van der Waals surface area contributed by atoms with Gasteiger partial charge in [0.2, 0.25) is 5.41 Å². The van der Waals surface area contributed by atoms with Gasteiger partial charge in [0.1, 0.15) is 23.0 Å². The number of alkyl halides is 6. The number of anilines is 2. The number of nitrogens with zero attached hydrogens (tertiary/aromatic N) is 2. The summed E-state index contributed by atoms with van der Waals surface area (Å²) in [5.41, 5.74) is -5.91. The third-order valence-corrected chi connectivity index (χ3v) is 8.00. The molecule has 0 aromatic heterocycles. The Balaban J connectivity index is 1.23. The van der Waals surface area contributed by atoms with E-state index in [-0.39, 0.29) is 39.9 Å². The number of carbonyl (C=O) groups is 4. The quantitative estimate of drug-likeness (QED) is 0.138. The SMILES string of the molecule is CC1=CC(=O)N(c2ccc(Oc3ccc(C(c4ccc(Oc5ccc(N6C(=O)C=CC6=O)cc5)cc4)(C(F)(F)F)C(F)(F)F)cc3)cc2)C1=O. The van der Waals surface area contributed by atoms with E-state index in [2.05, 4.69) is 0 Å². The van der Waals surface area contributed by atoms with Gasteiger partial charge in [0.25, 0.3) is 23.6 Å². The summed E-state index contributed by atoms with van der Waals surface area (Å²) >= 11 is 0. The van der Waals surface area contributed by atoms with E-state index in [1.165, 1.54) is 61.5 Å². The molecule has 0 unspecified atom stereocenters. The van der Waals surface area contributed by atoms with Crippen LogP contribution in [0, 0.1) is 0 Å². The van der Waals surface area contributed by atoms with Crippen molar-refractivity contribution >= 4 is 35.0 Å². The van der Waals surface area contributed by atoms with Crippen molar-refractivity contribution < 1.29 is 55.0 Å². The number of hydrogen-bond donors (Lipinski definition) is 0. The molecule has 0 atom stereocenters. The minimum atomic E-state index is -5.83. The average Bonchev–Trinajstić information content (AvgIpc) is 3.53. The highest BCUT2D eigenvalue weighted by Gasteiger charge is 2.72. The van der Waals surface area contributed by atoms with Gasteiger partial charge in [-0.15, -0.1) is 0 Å². The zero-order valence-electron chi connectivity index (χ0n) is 25.6. The molecule has 0 saturated heterocycles. The van der Waals surface area contributed by atoms with E-state index in [0.717, 1.165) is 46.2 Å². The van der Waals surface area contributed by atoms with Crippen LogP contribution >= 0.6 is 0 Å². The van der Waals surface area contributed by atoms with Gasteiger partial charge in [0.05, 0.1) is 11.4 Å². The van der Waals surface area contributed by atoms with Crippen molar-refractivity contribution in [3.05, 3.63) is 132 Å². The third kappa shape index (κ3) is 5.88.